The molecule has 0 saturated carbocycles. The topological polar surface area (TPSA) is 83.7 Å². The molecular weight excluding hydrogens is 346 g/mol. The normalized spacial score (nSPS) is 16.3. The van der Waals surface area contributed by atoms with Crippen molar-refractivity contribution in [3.05, 3.63) is 46.2 Å². The van der Waals surface area contributed by atoms with Gasteiger partial charge in [0.1, 0.15) is 9.77 Å². The van der Waals surface area contributed by atoms with Gasteiger partial charge in [0.2, 0.25) is 10.0 Å². The molecule has 1 aliphatic heterocycles. The van der Waals surface area contributed by atoms with Crippen molar-refractivity contribution in [2.45, 2.75) is 11.8 Å². The molecule has 2 N–H and O–H groups in total. The van der Waals surface area contributed by atoms with Gasteiger partial charge in [-0.15, -0.1) is 11.3 Å². The number of piperazine rings is 1. The average Bonchev–Trinajstić information content (AvgIpc) is 3.06. The van der Waals surface area contributed by atoms with Gasteiger partial charge in [0.25, 0.3) is 5.91 Å². The summed E-state index contributed by atoms with van der Waals surface area (Å²) in [6.45, 7) is 4.01. The number of rotatable bonds is 4. The monoisotopic (exact) mass is 365 g/mol. The minimum absolute atomic E-state index is 0.0176. The van der Waals surface area contributed by atoms with Crippen LogP contribution < -0.4 is 10.6 Å². The van der Waals surface area contributed by atoms with E-state index in [-0.39, 0.29) is 9.77 Å². The number of nitrogens with two attached hydrogens (primary N) is 1. The summed E-state index contributed by atoms with van der Waals surface area (Å²) in [6.07, 6.45) is 0. The van der Waals surface area contributed by atoms with Gasteiger partial charge < -0.3 is 10.6 Å². The van der Waals surface area contributed by atoms with Crippen molar-refractivity contribution in [1.82, 2.24) is 4.31 Å². The van der Waals surface area contributed by atoms with Crippen LogP contribution in [0.2, 0.25) is 0 Å². The number of thiophene rings is 1. The lowest BCUT2D eigenvalue weighted by atomic mass is 10.2. The molecule has 1 aliphatic rings. The molecular formula is C16H19N3O3S2. The van der Waals surface area contributed by atoms with E-state index in [1.54, 1.807) is 5.38 Å². The van der Waals surface area contributed by atoms with Crippen LogP contribution in [0.15, 0.2) is 40.6 Å². The van der Waals surface area contributed by atoms with Crippen LogP contribution >= 0.6 is 11.3 Å². The number of sulfonamides is 1. The molecule has 1 aromatic carbocycles. The van der Waals surface area contributed by atoms with Crippen LogP contribution in [0.1, 0.15) is 15.2 Å². The Balaban J connectivity index is 1.76. The van der Waals surface area contributed by atoms with Gasteiger partial charge in [-0.05, 0) is 36.1 Å². The Labute approximate surface area is 145 Å². The second-order valence-corrected chi connectivity index (χ2v) is 8.53. The van der Waals surface area contributed by atoms with E-state index < -0.39 is 15.9 Å². The zero-order valence-electron chi connectivity index (χ0n) is 13.3. The molecule has 1 saturated heterocycles. The van der Waals surface area contributed by atoms with Crippen LogP contribution in [-0.4, -0.2) is 44.8 Å². The zero-order chi connectivity index (χ0) is 17.3. The predicted octanol–water partition coefficient (Wildman–Crippen LogP) is 1.67. The van der Waals surface area contributed by atoms with Crippen LogP contribution in [0.5, 0.6) is 0 Å². The van der Waals surface area contributed by atoms with Crippen LogP contribution in [0.3, 0.4) is 0 Å². The first kappa shape index (κ1) is 16.9. The quantitative estimate of drug-likeness (QED) is 0.893. The number of anilines is 1. The highest BCUT2D eigenvalue weighted by Gasteiger charge is 2.32. The molecule has 3 rings (SSSR count). The van der Waals surface area contributed by atoms with Crippen molar-refractivity contribution in [3.63, 3.8) is 0 Å². The van der Waals surface area contributed by atoms with Gasteiger partial charge in [-0.3, -0.25) is 4.79 Å². The van der Waals surface area contributed by atoms with Crippen molar-refractivity contribution >= 4 is 33.0 Å². The number of hydrogen-bond acceptors (Lipinski definition) is 5. The summed E-state index contributed by atoms with van der Waals surface area (Å²) in [5.41, 5.74) is 7.55. The largest absolute Gasteiger partial charge is 0.369 e. The molecule has 0 atom stereocenters. The lowest BCUT2D eigenvalue weighted by molar-refractivity contribution is 0.100. The number of aryl methyl sites for hydroxylation is 1. The molecule has 2 aromatic rings. The molecule has 24 heavy (non-hydrogen) atoms. The van der Waals surface area contributed by atoms with Gasteiger partial charge in [0, 0.05) is 31.9 Å². The lowest BCUT2D eigenvalue weighted by Gasteiger charge is -2.35. The Hall–Kier alpha value is -1.90. The van der Waals surface area contributed by atoms with Crippen molar-refractivity contribution in [3.8, 4) is 0 Å². The standard InChI is InChI=1S/C16H19N3O3S2/c1-12-3-2-4-13(11-12)18-6-8-19(9-7-18)24(21,22)14-5-10-23-15(14)16(17)20/h2-5,10-11H,6-9H2,1H3,(H2,17,20). The van der Waals surface area contributed by atoms with Crippen molar-refractivity contribution in [1.29, 1.82) is 0 Å². The van der Waals surface area contributed by atoms with Gasteiger partial charge >= 0.3 is 0 Å². The van der Waals surface area contributed by atoms with Gasteiger partial charge in [-0.2, -0.15) is 4.31 Å². The van der Waals surface area contributed by atoms with Crippen LogP contribution in [0.4, 0.5) is 5.69 Å². The summed E-state index contributed by atoms with van der Waals surface area (Å²) in [7, 11) is -3.69. The number of hydrogen-bond donors (Lipinski definition) is 1. The molecule has 128 valence electrons. The van der Waals surface area contributed by atoms with E-state index in [1.807, 2.05) is 25.1 Å². The Kier molecular flexibility index (Phi) is 4.62. The molecule has 0 unspecified atom stereocenters. The fourth-order valence-electron chi connectivity index (χ4n) is 2.83. The number of carbonyl (C=O) groups excluding carboxylic acids is 1. The number of amides is 1. The Bertz CT molecular complexity index is 853. The summed E-state index contributed by atoms with van der Waals surface area (Å²) in [6, 6.07) is 9.60. The first-order chi connectivity index (χ1) is 11.4. The van der Waals surface area contributed by atoms with Crippen molar-refractivity contribution in [2.75, 3.05) is 31.1 Å². The maximum Gasteiger partial charge on any atom is 0.260 e. The number of benzene rings is 1. The second-order valence-electron chi connectivity index (χ2n) is 5.71. The Morgan fingerprint density at radius 2 is 1.88 bits per heavy atom. The molecule has 8 heteroatoms. The maximum absolute atomic E-state index is 12.8. The van der Waals surface area contributed by atoms with Gasteiger partial charge in [-0.1, -0.05) is 12.1 Å². The smallest absolute Gasteiger partial charge is 0.260 e. The maximum atomic E-state index is 12.8. The summed E-state index contributed by atoms with van der Waals surface area (Å²) >= 11 is 1.06. The summed E-state index contributed by atoms with van der Waals surface area (Å²) in [5, 5.41) is 1.58. The SMILES string of the molecule is Cc1cccc(N2CCN(S(=O)(=O)c3ccsc3C(N)=O)CC2)c1. The molecule has 1 fully saturated rings. The van der Waals surface area contributed by atoms with E-state index in [4.69, 9.17) is 5.73 Å². The second kappa shape index (κ2) is 6.54. The van der Waals surface area contributed by atoms with Crippen LogP contribution in [0, 0.1) is 6.92 Å². The summed E-state index contributed by atoms with van der Waals surface area (Å²) in [5.74, 6) is -0.707. The van der Waals surface area contributed by atoms with Gasteiger partial charge in [0.05, 0.1) is 0 Å². The van der Waals surface area contributed by atoms with E-state index in [0.29, 0.717) is 26.2 Å². The zero-order valence-corrected chi connectivity index (χ0v) is 14.9. The van der Waals surface area contributed by atoms with E-state index in [9.17, 15) is 13.2 Å². The highest BCUT2D eigenvalue weighted by atomic mass is 32.2. The third kappa shape index (κ3) is 3.17. The number of carbonyl (C=O) groups is 1. The highest BCUT2D eigenvalue weighted by Crippen LogP contribution is 2.26. The minimum atomic E-state index is -3.69. The average molecular weight is 365 g/mol. The number of primary amides is 1. The fraction of sp³-hybridized carbons (Fsp3) is 0.312. The van der Waals surface area contributed by atoms with Crippen molar-refractivity contribution in [2.24, 2.45) is 5.73 Å². The fourth-order valence-corrected chi connectivity index (χ4v) is 5.51. The first-order valence-electron chi connectivity index (χ1n) is 7.58. The third-order valence-corrected chi connectivity index (χ3v) is 7.08. The number of nitrogens with zero attached hydrogens (tertiary/aromatic N) is 2. The molecule has 0 aliphatic carbocycles. The first-order valence-corrected chi connectivity index (χ1v) is 9.90. The van der Waals surface area contributed by atoms with Gasteiger partial charge in [0.15, 0.2) is 0 Å². The third-order valence-electron chi connectivity index (χ3n) is 4.08. The molecule has 6 nitrogen and oxygen atoms in total. The molecule has 1 aromatic heterocycles. The van der Waals surface area contributed by atoms with Gasteiger partial charge in [-0.25, -0.2) is 8.42 Å². The molecule has 0 spiro atoms. The Morgan fingerprint density at radius 3 is 2.50 bits per heavy atom. The molecule has 1 amide bonds. The predicted molar refractivity (Wildman–Crippen MR) is 95.0 cm³/mol. The highest BCUT2D eigenvalue weighted by molar-refractivity contribution is 7.89. The van der Waals surface area contributed by atoms with E-state index in [1.165, 1.54) is 15.9 Å². The van der Waals surface area contributed by atoms with Crippen LogP contribution in [-0.2, 0) is 10.0 Å². The van der Waals surface area contributed by atoms with Crippen LogP contribution in [0.25, 0.3) is 0 Å². The lowest BCUT2D eigenvalue weighted by Crippen LogP contribution is -2.48. The summed E-state index contributed by atoms with van der Waals surface area (Å²) in [4.78, 5) is 13.7. The molecule has 2 heterocycles. The summed E-state index contributed by atoms with van der Waals surface area (Å²) < 4.78 is 27.0. The van der Waals surface area contributed by atoms with Crippen molar-refractivity contribution < 1.29 is 13.2 Å². The molecule has 0 radical (unpaired) electrons. The van der Waals surface area contributed by atoms with E-state index in [0.717, 1.165) is 17.0 Å². The van der Waals surface area contributed by atoms with E-state index in [2.05, 4.69) is 11.0 Å². The Morgan fingerprint density at radius 1 is 1.17 bits per heavy atom. The minimum Gasteiger partial charge on any atom is -0.369 e. The van der Waals surface area contributed by atoms with E-state index >= 15 is 0 Å². The molecule has 0 bridgehead atoms.